The monoisotopic (exact) mass is 408 g/mol. The Balaban J connectivity index is 1.77. The van der Waals surface area contributed by atoms with E-state index in [1.165, 1.54) is 0 Å². The summed E-state index contributed by atoms with van der Waals surface area (Å²) in [5.41, 5.74) is 2.19. The summed E-state index contributed by atoms with van der Waals surface area (Å²) in [5.74, 6) is -1.69. The van der Waals surface area contributed by atoms with Crippen molar-refractivity contribution in [3.05, 3.63) is 70.8 Å². The molecule has 0 amide bonds. The van der Waals surface area contributed by atoms with E-state index < -0.39 is 17.9 Å². The highest BCUT2D eigenvalue weighted by atomic mass is 16.7. The summed E-state index contributed by atoms with van der Waals surface area (Å²) in [4.78, 5) is 37.4. The highest BCUT2D eigenvalue weighted by Crippen LogP contribution is 2.45. The molecule has 6 nitrogen and oxygen atoms in total. The van der Waals surface area contributed by atoms with Gasteiger partial charge in [0.1, 0.15) is 0 Å². The van der Waals surface area contributed by atoms with E-state index in [2.05, 4.69) is 0 Å². The van der Waals surface area contributed by atoms with Crippen LogP contribution in [0.5, 0.6) is 0 Å². The Labute approximate surface area is 174 Å². The smallest absolute Gasteiger partial charge is 0.346 e. The molecule has 31 heavy (non-hydrogen) atoms. The van der Waals surface area contributed by atoms with Gasteiger partial charge < -0.3 is 14.2 Å². The number of esters is 3. The van der Waals surface area contributed by atoms with Crippen LogP contribution in [0.2, 0.25) is 0 Å². The second-order valence-electron chi connectivity index (χ2n) is 7.83. The van der Waals surface area contributed by atoms with Crippen molar-refractivity contribution in [1.29, 1.82) is 0 Å². The molecule has 0 spiro atoms. The lowest BCUT2D eigenvalue weighted by atomic mass is 9.84. The molecule has 0 radical (unpaired) electrons. The van der Waals surface area contributed by atoms with Crippen LogP contribution in [0.15, 0.2) is 48.5 Å². The lowest BCUT2D eigenvalue weighted by Gasteiger charge is -2.22. The van der Waals surface area contributed by atoms with E-state index in [4.69, 9.17) is 14.2 Å². The van der Waals surface area contributed by atoms with E-state index in [0.717, 1.165) is 43.3 Å². The summed E-state index contributed by atoms with van der Waals surface area (Å²) < 4.78 is 15.6. The third-order valence-electron chi connectivity index (χ3n) is 6.36. The third-order valence-corrected chi connectivity index (χ3v) is 6.36. The quantitative estimate of drug-likeness (QED) is 0.160. The number of fused-ring (bicyclic) bond motifs is 2. The van der Waals surface area contributed by atoms with Crippen LogP contribution in [-0.2, 0) is 20.8 Å². The molecule has 2 heterocycles. The first-order valence-electron chi connectivity index (χ1n) is 9.84. The summed E-state index contributed by atoms with van der Waals surface area (Å²) in [6.45, 7) is 0.252. The van der Waals surface area contributed by atoms with Gasteiger partial charge in [0.25, 0.3) is 0 Å². The molecule has 0 fully saturated rings. The molecule has 0 aromatic heterocycles. The minimum Gasteiger partial charge on any atom is -0.435 e. The molecule has 0 N–H and O–H groups in total. The molecule has 148 valence electrons. The van der Waals surface area contributed by atoms with Crippen molar-refractivity contribution >= 4 is 61.0 Å². The van der Waals surface area contributed by atoms with Crippen LogP contribution in [0.1, 0.15) is 36.6 Å². The van der Waals surface area contributed by atoms with E-state index in [9.17, 15) is 14.4 Å². The third kappa shape index (κ3) is 1.97. The van der Waals surface area contributed by atoms with Crippen molar-refractivity contribution in [3.8, 4) is 0 Å². The molecule has 5 aromatic rings. The van der Waals surface area contributed by atoms with Crippen molar-refractivity contribution in [3.63, 3.8) is 0 Å². The first-order chi connectivity index (χ1) is 15.1. The molecule has 0 atom stereocenters. The Bertz CT molecular complexity index is 1590. The Kier molecular flexibility index (Phi) is 3.00. The van der Waals surface area contributed by atoms with Crippen LogP contribution >= 0.6 is 0 Å². The lowest BCUT2D eigenvalue weighted by Crippen LogP contribution is -2.19. The van der Waals surface area contributed by atoms with Crippen molar-refractivity contribution in [2.24, 2.45) is 0 Å². The fourth-order valence-electron chi connectivity index (χ4n) is 5.11. The largest absolute Gasteiger partial charge is 0.435 e. The number of carbonyl (C=O) groups excluding carboxylic acids is 3. The van der Waals surface area contributed by atoms with E-state index in [1.54, 1.807) is 18.2 Å². The number of rotatable bonds is 0. The fraction of sp³-hybridized carbons (Fsp3) is 0.0800. The molecule has 2 aliphatic rings. The molecular weight excluding hydrogens is 396 g/mol. The van der Waals surface area contributed by atoms with Gasteiger partial charge in [0.2, 0.25) is 0 Å². The lowest BCUT2D eigenvalue weighted by molar-refractivity contribution is -0.0390. The zero-order valence-corrected chi connectivity index (χ0v) is 16.0. The number of hydrogen-bond acceptors (Lipinski definition) is 6. The van der Waals surface area contributed by atoms with Gasteiger partial charge in [0, 0.05) is 10.8 Å². The molecule has 0 aliphatic carbocycles. The summed E-state index contributed by atoms with van der Waals surface area (Å²) in [6, 6.07) is 14.8. The Hall–Kier alpha value is -4.03. The van der Waals surface area contributed by atoms with Crippen LogP contribution in [-0.4, -0.2) is 24.7 Å². The van der Waals surface area contributed by atoms with Gasteiger partial charge in [-0.3, -0.25) is 0 Å². The summed E-state index contributed by atoms with van der Waals surface area (Å²) in [7, 11) is 0. The molecule has 2 aliphatic heterocycles. The number of carbonyl (C=O) groups is 3. The summed E-state index contributed by atoms with van der Waals surface area (Å²) in [6.07, 6.45) is 0. The standard InChI is InChI=1S/C25H12O6/c26-23-16-6-3-13-15-5-8-18-22-17(24(27)31-25(18)28)7-4-14(21(15)22)12-2-1-11(9-29-10-30-23)19(16)20(12)13/h1-8H,9-10H2. The maximum absolute atomic E-state index is 12.6. The number of ether oxygens (including phenoxy) is 3. The summed E-state index contributed by atoms with van der Waals surface area (Å²) >= 11 is 0. The van der Waals surface area contributed by atoms with E-state index in [-0.39, 0.29) is 6.79 Å². The van der Waals surface area contributed by atoms with Gasteiger partial charge in [-0.1, -0.05) is 30.3 Å². The average Bonchev–Trinajstić information content (AvgIpc) is 2.77. The van der Waals surface area contributed by atoms with Gasteiger partial charge in [-0.2, -0.15) is 0 Å². The zero-order chi connectivity index (χ0) is 20.9. The van der Waals surface area contributed by atoms with E-state index >= 15 is 0 Å². The molecule has 6 heteroatoms. The van der Waals surface area contributed by atoms with Gasteiger partial charge in [-0.15, -0.1) is 0 Å². The van der Waals surface area contributed by atoms with Crippen molar-refractivity contribution in [2.75, 3.05) is 6.79 Å². The normalized spacial score (nSPS) is 16.1. The number of cyclic esters (lactones) is 3. The van der Waals surface area contributed by atoms with E-state index in [0.29, 0.717) is 28.7 Å². The molecular formula is C25H12O6. The molecule has 5 aromatic carbocycles. The minimum atomic E-state index is -0.634. The maximum atomic E-state index is 12.6. The van der Waals surface area contributed by atoms with Gasteiger partial charge in [-0.25, -0.2) is 14.4 Å². The molecule has 0 saturated carbocycles. The van der Waals surface area contributed by atoms with Crippen molar-refractivity contribution < 1.29 is 28.6 Å². The van der Waals surface area contributed by atoms with Gasteiger partial charge >= 0.3 is 17.9 Å². The second-order valence-corrected chi connectivity index (χ2v) is 7.83. The topological polar surface area (TPSA) is 78.9 Å². The van der Waals surface area contributed by atoms with E-state index in [1.807, 2.05) is 30.3 Å². The second kappa shape index (κ2) is 5.56. The predicted octanol–water partition coefficient (Wildman–Crippen LogP) is 4.69. The molecule has 0 saturated heterocycles. The van der Waals surface area contributed by atoms with Crippen LogP contribution in [0.3, 0.4) is 0 Å². The Morgan fingerprint density at radius 1 is 0.548 bits per heavy atom. The summed E-state index contributed by atoms with van der Waals surface area (Å²) in [5, 5.41) is 6.91. The number of benzene rings is 5. The highest BCUT2D eigenvalue weighted by Gasteiger charge is 2.30. The molecule has 7 rings (SSSR count). The fourth-order valence-corrected chi connectivity index (χ4v) is 5.11. The van der Waals surface area contributed by atoms with Crippen LogP contribution in [0.4, 0.5) is 0 Å². The predicted molar refractivity (Wildman–Crippen MR) is 112 cm³/mol. The Morgan fingerprint density at radius 3 is 1.68 bits per heavy atom. The van der Waals surface area contributed by atoms with Gasteiger partial charge in [-0.05, 0) is 56.1 Å². The van der Waals surface area contributed by atoms with Crippen LogP contribution in [0, 0.1) is 0 Å². The minimum absolute atomic E-state index is 0.0822. The average molecular weight is 408 g/mol. The maximum Gasteiger partial charge on any atom is 0.346 e. The zero-order valence-electron chi connectivity index (χ0n) is 16.0. The SMILES string of the molecule is O=C1OCOCc2ccc3c4ccc5c6c(ccc(c7ccc1c2c37)c64)C(=O)OC5=O. The highest BCUT2D eigenvalue weighted by molar-refractivity contribution is 6.38. The molecule has 0 bridgehead atoms. The Morgan fingerprint density at radius 2 is 1.06 bits per heavy atom. The first kappa shape index (κ1) is 16.7. The van der Waals surface area contributed by atoms with Crippen molar-refractivity contribution in [2.45, 2.75) is 6.61 Å². The van der Waals surface area contributed by atoms with Crippen LogP contribution < -0.4 is 0 Å². The first-order valence-corrected chi connectivity index (χ1v) is 9.84. The molecule has 0 unspecified atom stereocenters. The van der Waals surface area contributed by atoms with Gasteiger partial charge in [0.05, 0.1) is 23.3 Å². The van der Waals surface area contributed by atoms with Crippen LogP contribution in [0.25, 0.3) is 43.1 Å². The van der Waals surface area contributed by atoms with Gasteiger partial charge in [0.15, 0.2) is 6.79 Å². The van der Waals surface area contributed by atoms with Crippen molar-refractivity contribution in [1.82, 2.24) is 0 Å². The number of hydrogen-bond donors (Lipinski definition) is 0.